The summed E-state index contributed by atoms with van der Waals surface area (Å²) in [6.45, 7) is 2.00. The molecule has 0 spiro atoms. The van der Waals surface area contributed by atoms with Crippen LogP contribution >= 0.6 is 11.6 Å². The number of nitrogens with zero attached hydrogens (tertiary/aromatic N) is 2. The number of amides is 1. The predicted octanol–water partition coefficient (Wildman–Crippen LogP) is 3.80. The molecule has 2 aliphatic rings. The molecule has 0 bridgehead atoms. The number of benzene rings is 1. The Kier molecular flexibility index (Phi) is 4.22. The molecule has 2 fully saturated rings. The van der Waals surface area contributed by atoms with Crippen LogP contribution in [0.4, 0.5) is 11.5 Å². The maximum atomic E-state index is 12.6. The van der Waals surface area contributed by atoms with Gasteiger partial charge in [-0.1, -0.05) is 11.6 Å². The quantitative estimate of drug-likeness (QED) is 0.572. The maximum absolute atomic E-state index is 12.6. The monoisotopic (exact) mass is 408 g/mol. The van der Waals surface area contributed by atoms with Crippen molar-refractivity contribution in [2.75, 3.05) is 11.1 Å². The number of nitrogen functional groups attached to an aromatic ring is 1. The number of carbonyl (C=O) groups is 1. The third kappa shape index (κ3) is 3.03. The molecule has 0 aliphatic heterocycles. The first-order chi connectivity index (χ1) is 13.9. The number of hydrogen-bond acceptors (Lipinski definition) is 5. The van der Waals surface area contributed by atoms with E-state index in [0.717, 1.165) is 40.3 Å². The van der Waals surface area contributed by atoms with Crippen LogP contribution in [0.3, 0.4) is 0 Å². The molecule has 4 atom stereocenters. The van der Waals surface area contributed by atoms with Crippen LogP contribution in [-0.2, 0) is 4.79 Å². The van der Waals surface area contributed by atoms with E-state index in [1.807, 2.05) is 25.1 Å². The lowest BCUT2D eigenvalue weighted by atomic mass is 9.99. The normalized spacial score (nSPS) is 25.1. The van der Waals surface area contributed by atoms with E-state index in [1.165, 1.54) is 0 Å². The lowest BCUT2D eigenvalue weighted by molar-refractivity contribution is -0.118. The molecule has 0 saturated heterocycles. The van der Waals surface area contributed by atoms with Gasteiger partial charge >= 0.3 is 0 Å². The van der Waals surface area contributed by atoms with Gasteiger partial charge in [-0.2, -0.15) is 0 Å². The zero-order valence-corrected chi connectivity index (χ0v) is 16.6. The fraction of sp³-hybridized carbons (Fsp3) is 0.318. The molecule has 2 heterocycles. The average Bonchev–Trinajstić information content (AvgIpc) is 3.22. The van der Waals surface area contributed by atoms with Crippen molar-refractivity contribution >= 4 is 39.8 Å². The molecule has 0 radical (unpaired) electrons. The fourth-order valence-corrected chi connectivity index (χ4v) is 4.98. The van der Waals surface area contributed by atoms with E-state index in [1.54, 1.807) is 18.6 Å². The van der Waals surface area contributed by atoms with Gasteiger partial charge < -0.3 is 16.2 Å². The van der Waals surface area contributed by atoms with Crippen LogP contribution in [-0.4, -0.2) is 27.1 Å². The number of aromatic nitrogens is 2. The number of rotatable bonds is 3. The zero-order chi connectivity index (χ0) is 20.3. The second kappa shape index (κ2) is 6.68. The molecule has 148 valence electrons. The molecule has 1 amide bonds. The van der Waals surface area contributed by atoms with E-state index < -0.39 is 0 Å². The Balaban J connectivity index is 1.47. The molecule has 29 heavy (non-hydrogen) atoms. The van der Waals surface area contributed by atoms with Crippen molar-refractivity contribution in [1.29, 1.82) is 0 Å². The fourth-order valence-electron chi connectivity index (χ4n) is 4.72. The molecule has 5 rings (SSSR count). The van der Waals surface area contributed by atoms with Crippen molar-refractivity contribution in [1.82, 2.24) is 9.97 Å². The van der Waals surface area contributed by atoms with Gasteiger partial charge in [0.05, 0.1) is 16.8 Å². The topological polar surface area (TPSA) is 101 Å². The third-order valence-corrected chi connectivity index (χ3v) is 6.71. The highest BCUT2D eigenvalue weighted by Gasteiger charge is 2.59. The lowest BCUT2D eigenvalue weighted by Gasteiger charge is -2.14. The van der Waals surface area contributed by atoms with Crippen LogP contribution in [0.15, 0.2) is 36.8 Å². The van der Waals surface area contributed by atoms with Crippen LogP contribution in [0.25, 0.3) is 21.9 Å². The second-order valence-corrected chi connectivity index (χ2v) is 8.48. The number of halogens is 1. The predicted molar refractivity (Wildman–Crippen MR) is 113 cm³/mol. The van der Waals surface area contributed by atoms with Crippen LogP contribution in [0.1, 0.15) is 18.4 Å². The van der Waals surface area contributed by atoms with Gasteiger partial charge in [0, 0.05) is 41.0 Å². The number of fused-ring (bicyclic) bond motifs is 2. The summed E-state index contributed by atoms with van der Waals surface area (Å²) in [6.07, 6.45) is 6.33. The second-order valence-electron chi connectivity index (χ2n) is 8.10. The number of hydrogen-bond donors (Lipinski definition) is 3. The summed E-state index contributed by atoms with van der Waals surface area (Å²) in [6, 6.07) is 5.70. The van der Waals surface area contributed by atoms with Gasteiger partial charge in [0.15, 0.2) is 0 Å². The molecule has 1 unspecified atom stereocenters. The van der Waals surface area contributed by atoms with Crippen molar-refractivity contribution in [2.45, 2.75) is 25.9 Å². The number of anilines is 2. The first kappa shape index (κ1) is 18.3. The van der Waals surface area contributed by atoms with Gasteiger partial charge in [-0.25, -0.2) is 4.98 Å². The molecular weight excluding hydrogens is 388 g/mol. The number of aliphatic hydroxyl groups excluding tert-OH is 1. The van der Waals surface area contributed by atoms with E-state index in [-0.39, 0.29) is 17.9 Å². The van der Waals surface area contributed by atoms with Gasteiger partial charge in [0.25, 0.3) is 0 Å². The van der Waals surface area contributed by atoms with E-state index in [4.69, 9.17) is 17.3 Å². The largest absolute Gasteiger partial charge is 0.397 e. The highest BCUT2D eigenvalue weighted by atomic mass is 35.5. The van der Waals surface area contributed by atoms with Crippen molar-refractivity contribution in [3.05, 3.63) is 47.4 Å². The van der Waals surface area contributed by atoms with E-state index in [0.29, 0.717) is 28.4 Å². The van der Waals surface area contributed by atoms with Gasteiger partial charge in [-0.3, -0.25) is 9.78 Å². The highest BCUT2D eigenvalue weighted by Crippen LogP contribution is 2.57. The third-order valence-electron chi connectivity index (χ3n) is 6.30. The Morgan fingerprint density at radius 3 is 2.72 bits per heavy atom. The summed E-state index contributed by atoms with van der Waals surface area (Å²) in [7, 11) is 0. The molecule has 7 heteroatoms. The Morgan fingerprint density at radius 1 is 1.24 bits per heavy atom. The molecule has 2 aliphatic carbocycles. The van der Waals surface area contributed by atoms with Crippen LogP contribution in [0.5, 0.6) is 0 Å². The van der Waals surface area contributed by atoms with Crippen molar-refractivity contribution in [3.63, 3.8) is 0 Å². The highest BCUT2D eigenvalue weighted by molar-refractivity contribution is 6.37. The van der Waals surface area contributed by atoms with E-state index >= 15 is 0 Å². The number of nitrogens with two attached hydrogens (primary N) is 1. The first-order valence-corrected chi connectivity index (χ1v) is 10.1. The molecule has 2 aromatic heterocycles. The van der Waals surface area contributed by atoms with Gasteiger partial charge in [0.1, 0.15) is 5.82 Å². The van der Waals surface area contributed by atoms with E-state index in [9.17, 15) is 9.90 Å². The summed E-state index contributed by atoms with van der Waals surface area (Å²) in [5, 5.41) is 14.6. The SMILES string of the molecule is Cc1ccncc1-c1cc2cc(NC(=O)[C@H]3[C@@H]4CC(O)C[C@@H]43)ncc2c(N)c1Cl. The smallest absolute Gasteiger partial charge is 0.229 e. The molecule has 2 saturated carbocycles. The van der Waals surface area contributed by atoms with Crippen molar-refractivity contribution in [2.24, 2.45) is 17.8 Å². The van der Waals surface area contributed by atoms with Gasteiger partial charge in [-0.15, -0.1) is 0 Å². The van der Waals surface area contributed by atoms with Crippen molar-refractivity contribution < 1.29 is 9.90 Å². The average molecular weight is 409 g/mol. The summed E-state index contributed by atoms with van der Waals surface area (Å²) >= 11 is 6.55. The first-order valence-electron chi connectivity index (χ1n) is 9.71. The summed E-state index contributed by atoms with van der Waals surface area (Å²) < 4.78 is 0. The summed E-state index contributed by atoms with van der Waals surface area (Å²) in [5.41, 5.74) is 9.51. The maximum Gasteiger partial charge on any atom is 0.229 e. The van der Waals surface area contributed by atoms with Crippen LogP contribution in [0, 0.1) is 24.7 Å². The lowest BCUT2D eigenvalue weighted by Crippen LogP contribution is -2.19. The standard InChI is InChI=1S/C22H21ClN4O2/c1-10-2-3-25-8-16(10)15-4-11-5-18(26-9-17(11)21(24)20(15)23)27-22(29)19-13-6-12(28)7-14(13)19/h2-5,8-9,12-14,19,28H,6-7,24H2,1H3,(H,26,27,29)/t12?,13-,14+,19+. The molecule has 3 aromatic rings. The molecule has 1 aromatic carbocycles. The minimum Gasteiger partial charge on any atom is -0.397 e. The molecule has 4 N–H and O–H groups in total. The van der Waals surface area contributed by atoms with Gasteiger partial charge in [-0.05, 0) is 60.7 Å². The minimum atomic E-state index is -0.255. The number of carbonyl (C=O) groups excluding carboxylic acids is 1. The summed E-state index contributed by atoms with van der Waals surface area (Å²) in [5.74, 6) is 1.06. The van der Waals surface area contributed by atoms with Crippen molar-refractivity contribution in [3.8, 4) is 11.1 Å². The number of aryl methyl sites for hydroxylation is 1. The minimum absolute atomic E-state index is 0.0141. The number of nitrogens with one attached hydrogen (secondary N) is 1. The van der Waals surface area contributed by atoms with E-state index in [2.05, 4.69) is 15.3 Å². The number of aliphatic hydroxyl groups is 1. The zero-order valence-electron chi connectivity index (χ0n) is 15.9. The molecule has 6 nitrogen and oxygen atoms in total. The van der Waals surface area contributed by atoms with Crippen LogP contribution in [0.2, 0.25) is 5.02 Å². The Morgan fingerprint density at radius 2 is 2.00 bits per heavy atom. The summed E-state index contributed by atoms with van der Waals surface area (Å²) in [4.78, 5) is 21.2. The Labute approximate surface area is 173 Å². The van der Waals surface area contributed by atoms with Crippen LogP contribution < -0.4 is 11.1 Å². The van der Waals surface area contributed by atoms with Gasteiger partial charge in [0.2, 0.25) is 5.91 Å². The Hall–Kier alpha value is -2.70. The molecular formula is C22H21ClN4O2. The number of pyridine rings is 2. The Bertz CT molecular complexity index is 1140.